The normalized spacial score (nSPS) is 13.2. The summed E-state index contributed by atoms with van der Waals surface area (Å²) in [5, 5.41) is 0.102. The molecule has 0 unspecified atom stereocenters. The van der Waals surface area contributed by atoms with Gasteiger partial charge in [-0.2, -0.15) is 22.0 Å². The van der Waals surface area contributed by atoms with Crippen molar-refractivity contribution < 1.29 is 22.0 Å². The number of hydrogen-bond donors (Lipinski definition) is 2. The molecule has 18 heavy (non-hydrogen) atoms. The molecular weight excluding hydrogens is 281 g/mol. The molecule has 0 saturated heterocycles. The summed E-state index contributed by atoms with van der Waals surface area (Å²) in [6.07, 6.45) is -5.74. The summed E-state index contributed by atoms with van der Waals surface area (Å²) in [5.74, 6) is -6.59. The van der Waals surface area contributed by atoms with E-state index in [0.29, 0.717) is 0 Å². The van der Waals surface area contributed by atoms with Crippen molar-refractivity contribution in [3.05, 3.63) is 23.0 Å². The van der Waals surface area contributed by atoms with Crippen LogP contribution >= 0.6 is 11.6 Å². The van der Waals surface area contributed by atoms with Crippen molar-refractivity contribution in [3.8, 4) is 0 Å². The molecule has 0 amide bonds. The Morgan fingerprint density at radius 3 is 2.33 bits per heavy atom. The molecule has 3 N–H and O–H groups in total. The van der Waals surface area contributed by atoms with Crippen LogP contribution in [0.15, 0.2) is 12.1 Å². The number of fused-ring (bicyclic) bond motifs is 1. The Balaban J connectivity index is 2.65. The Morgan fingerprint density at radius 1 is 1.17 bits per heavy atom. The third kappa shape index (κ3) is 1.86. The van der Waals surface area contributed by atoms with E-state index in [1.165, 1.54) is 6.07 Å². The number of H-pyrrole nitrogens is 1. The fourth-order valence-corrected chi connectivity index (χ4v) is 1.62. The number of aromatic nitrogens is 2. The van der Waals surface area contributed by atoms with E-state index < -0.39 is 17.9 Å². The highest BCUT2D eigenvalue weighted by atomic mass is 35.5. The van der Waals surface area contributed by atoms with E-state index in [4.69, 9.17) is 17.3 Å². The van der Waals surface area contributed by atoms with Crippen LogP contribution in [0.1, 0.15) is 5.82 Å². The Morgan fingerprint density at radius 2 is 1.78 bits per heavy atom. The number of nitrogens with two attached hydrogens (primary N) is 1. The van der Waals surface area contributed by atoms with Crippen molar-refractivity contribution >= 4 is 28.3 Å². The van der Waals surface area contributed by atoms with Gasteiger partial charge in [0, 0.05) is 5.02 Å². The van der Waals surface area contributed by atoms with Gasteiger partial charge in [-0.3, -0.25) is 0 Å². The lowest BCUT2D eigenvalue weighted by Crippen LogP contribution is -2.34. The van der Waals surface area contributed by atoms with Crippen LogP contribution in [0.3, 0.4) is 0 Å². The smallest absolute Gasteiger partial charge is 0.397 e. The maximum Gasteiger partial charge on any atom is 0.461 e. The lowest BCUT2D eigenvalue weighted by Gasteiger charge is -2.16. The van der Waals surface area contributed by atoms with Crippen LogP contribution in [0.25, 0.3) is 11.0 Å². The Labute approximate surface area is 102 Å². The van der Waals surface area contributed by atoms with E-state index in [-0.39, 0.29) is 21.7 Å². The Kier molecular flexibility index (Phi) is 2.65. The van der Waals surface area contributed by atoms with E-state index in [0.717, 1.165) is 6.07 Å². The van der Waals surface area contributed by atoms with E-state index in [2.05, 4.69) is 4.98 Å². The first-order valence-electron chi connectivity index (χ1n) is 4.52. The zero-order valence-electron chi connectivity index (χ0n) is 8.45. The van der Waals surface area contributed by atoms with Crippen LogP contribution < -0.4 is 5.73 Å². The Hall–Kier alpha value is -1.57. The summed E-state index contributed by atoms with van der Waals surface area (Å²) in [6.45, 7) is 0. The number of nitrogens with zero attached hydrogens (tertiary/aromatic N) is 1. The number of hydrogen-bond acceptors (Lipinski definition) is 2. The lowest BCUT2D eigenvalue weighted by molar-refractivity contribution is -0.292. The number of imidazole rings is 1. The van der Waals surface area contributed by atoms with Crippen molar-refractivity contribution in [2.75, 3.05) is 5.73 Å². The number of rotatable bonds is 1. The van der Waals surface area contributed by atoms with Gasteiger partial charge in [0.2, 0.25) is 0 Å². The predicted octanol–water partition coefficient (Wildman–Crippen LogP) is 3.45. The summed E-state index contributed by atoms with van der Waals surface area (Å²) >= 11 is 5.60. The van der Waals surface area contributed by atoms with Crippen LogP contribution in [-0.4, -0.2) is 16.1 Å². The third-order valence-electron chi connectivity index (χ3n) is 2.23. The predicted molar refractivity (Wildman–Crippen MR) is 55.5 cm³/mol. The maximum atomic E-state index is 13.0. The number of alkyl halides is 5. The summed E-state index contributed by atoms with van der Waals surface area (Å²) in [5.41, 5.74) is 5.08. The summed E-state index contributed by atoms with van der Waals surface area (Å²) < 4.78 is 62.6. The summed E-state index contributed by atoms with van der Waals surface area (Å²) in [4.78, 5) is 5.06. The van der Waals surface area contributed by atoms with E-state index in [1.807, 2.05) is 4.98 Å². The molecule has 1 heterocycles. The monoisotopic (exact) mass is 285 g/mol. The maximum absolute atomic E-state index is 13.0. The molecule has 0 fully saturated rings. The van der Waals surface area contributed by atoms with Gasteiger partial charge in [-0.15, -0.1) is 0 Å². The third-order valence-corrected chi connectivity index (χ3v) is 2.45. The number of nitrogens with one attached hydrogen (secondary N) is 1. The topological polar surface area (TPSA) is 54.7 Å². The molecule has 1 aromatic carbocycles. The molecule has 1 aromatic heterocycles. The second-order valence-electron chi connectivity index (χ2n) is 3.55. The highest BCUT2D eigenvalue weighted by molar-refractivity contribution is 6.31. The van der Waals surface area contributed by atoms with Gasteiger partial charge in [-0.05, 0) is 12.1 Å². The molecule has 0 atom stereocenters. The zero-order valence-corrected chi connectivity index (χ0v) is 9.20. The molecule has 0 radical (unpaired) electrons. The van der Waals surface area contributed by atoms with Crippen molar-refractivity contribution in [2.45, 2.75) is 12.1 Å². The van der Waals surface area contributed by atoms with Gasteiger partial charge in [0.15, 0.2) is 5.82 Å². The second kappa shape index (κ2) is 3.71. The largest absolute Gasteiger partial charge is 0.461 e. The molecule has 3 nitrogen and oxygen atoms in total. The van der Waals surface area contributed by atoms with Gasteiger partial charge in [0.25, 0.3) is 0 Å². The highest BCUT2D eigenvalue weighted by Gasteiger charge is 2.61. The first-order chi connectivity index (χ1) is 8.13. The SMILES string of the molecule is Nc1cc(Cl)cc2[nH]c(C(F)(F)C(F)(F)F)nc12. The molecule has 0 aliphatic carbocycles. The molecule has 0 spiro atoms. The van der Waals surface area contributed by atoms with E-state index in [9.17, 15) is 22.0 Å². The van der Waals surface area contributed by atoms with Gasteiger partial charge >= 0.3 is 12.1 Å². The van der Waals surface area contributed by atoms with E-state index >= 15 is 0 Å². The van der Waals surface area contributed by atoms with Gasteiger partial charge in [0.1, 0.15) is 5.52 Å². The van der Waals surface area contributed by atoms with Crippen LogP contribution in [0.5, 0.6) is 0 Å². The molecule has 2 rings (SSSR count). The number of nitrogen functional groups attached to an aromatic ring is 1. The van der Waals surface area contributed by atoms with Gasteiger partial charge in [0.05, 0.1) is 11.2 Å². The highest BCUT2D eigenvalue weighted by Crippen LogP contribution is 2.43. The minimum absolute atomic E-state index is 0.0843. The fourth-order valence-electron chi connectivity index (χ4n) is 1.39. The lowest BCUT2D eigenvalue weighted by atomic mass is 10.3. The first-order valence-corrected chi connectivity index (χ1v) is 4.90. The molecular formula is C9H5ClF5N3. The molecule has 0 bridgehead atoms. The molecule has 2 aromatic rings. The number of aromatic amines is 1. The standard InChI is InChI=1S/C9H5ClF5N3/c10-3-1-4(16)6-5(2-3)17-7(18-6)8(11,12)9(13,14)15/h1-2H,16H2,(H,17,18). The van der Waals surface area contributed by atoms with Gasteiger partial charge in [-0.1, -0.05) is 11.6 Å². The number of benzene rings is 1. The van der Waals surface area contributed by atoms with Gasteiger partial charge < -0.3 is 10.7 Å². The van der Waals surface area contributed by atoms with Crippen LogP contribution in [0, 0.1) is 0 Å². The molecule has 0 aliphatic heterocycles. The average molecular weight is 286 g/mol. The van der Waals surface area contributed by atoms with Crippen LogP contribution in [0.4, 0.5) is 27.6 Å². The number of halogens is 6. The fraction of sp³-hybridized carbons (Fsp3) is 0.222. The van der Waals surface area contributed by atoms with Crippen molar-refractivity contribution in [1.82, 2.24) is 9.97 Å². The van der Waals surface area contributed by atoms with Crippen LogP contribution in [0.2, 0.25) is 5.02 Å². The van der Waals surface area contributed by atoms with Crippen molar-refractivity contribution in [1.29, 1.82) is 0 Å². The van der Waals surface area contributed by atoms with Crippen molar-refractivity contribution in [3.63, 3.8) is 0 Å². The Bertz CT molecular complexity index is 604. The molecule has 0 saturated carbocycles. The first kappa shape index (κ1) is 12.9. The minimum Gasteiger partial charge on any atom is -0.397 e. The zero-order chi connectivity index (χ0) is 13.7. The van der Waals surface area contributed by atoms with E-state index in [1.54, 1.807) is 0 Å². The molecule has 0 aliphatic rings. The molecule has 98 valence electrons. The molecule has 9 heteroatoms. The van der Waals surface area contributed by atoms with Crippen molar-refractivity contribution in [2.24, 2.45) is 0 Å². The minimum atomic E-state index is -5.74. The summed E-state index contributed by atoms with van der Waals surface area (Å²) in [6, 6.07) is 2.37. The summed E-state index contributed by atoms with van der Waals surface area (Å²) in [7, 11) is 0. The second-order valence-corrected chi connectivity index (χ2v) is 3.99. The van der Waals surface area contributed by atoms with Crippen LogP contribution in [-0.2, 0) is 5.92 Å². The van der Waals surface area contributed by atoms with Gasteiger partial charge in [-0.25, -0.2) is 4.98 Å². The average Bonchev–Trinajstić information content (AvgIpc) is 2.59. The number of anilines is 1. The quantitative estimate of drug-likeness (QED) is 0.623.